The summed E-state index contributed by atoms with van der Waals surface area (Å²) in [5.74, 6) is 0.883. The van der Waals surface area contributed by atoms with Crippen LogP contribution in [-0.4, -0.2) is 31.4 Å². The van der Waals surface area contributed by atoms with Crippen LogP contribution in [0.2, 0.25) is 0 Å². The van der Waals surface area contributed by atoms with Crippen LogP contribution in [0.1, 0.15) is 23.6 Å². The molecule has 0 spiro atoms. The molecule has 0 saturated heterocycles. The summed E-state index contributed by atoms with van der Waals surface area (Å²) in [4.78, 5) is 16.9. The molecule has 0 radical (unpaired) electrons. The molecule has 0 atom stereocenters. The maximum atomic E-state index is 12.8. The van der Waals surface area contributed by atoms with Gasteiger partial charge in [0, 0.05) is 29.3 Å². The van der Waals surface area contributed by atoms with Crippen molar-refractivity contribution >= 4 is 23.4 Å². The van der Waals surface area contributed by atoms with Gasteiger partial charge in [-0.2, -0.15) is 0 Å². The first-order valence-corrected chi connectivity index (χ1v) is 11.5. The molecule has 1 N–H and O–H groups in total. The van der Waals surface area contributed by atoms with Crippen molar-refractivity contribution in [1.29, 1.82) is 0 Å². The Bertz CT molecular complexity index is 1240. The lowest BCUT2D eigenvalue weighted by Gasteiger charge is -2.13. The molecule has 0 bridgehead atoms. The number of hydrogen-bond donors (Lipinski definition) is 1. The molecule has 0 unspecified atom stereocenters. The van der Waals surface area contributed by atoms with Gasteiger partial charge in [-0.15, -0.1) is 10.2 Å². The van der Waals surface area contributed by atoms with Gasteiger partial charge < -0.3 is 5.32 Å². The van der Waals surface area contributed by atoms with Crippen LogP contribution in [0.3, 0.4) is 0 Å². The zero-order valence-electron chi connectivity index (χ0n) is 18.4. The van der Waals surface area contributed by atoms with Crippen LogP contribution in [0, 0.1) is 13.8 Å². The van der Waals surface area contributed by atoms with Crippen molar-refractivity contribution in [2.45, 2.75) is 32.3 Å². The molecular formula is C25H25N5OS. The quantitative estimate of drug-likeness (QED) is 0.396. The van der Waals surface area contributed by atoms with E-state index in [-0.39, 0.29) is 11.7 Å². The minimum atomic E-state index is -0.0664. The molecule has 0 aliphatic heterocycles. The molecule has 4 aromatic rings. The van der Waals surface area contributed by atoms with Gasteiger partial charge in [0.1, 0.15) is 0 Å². The Kier molecular flexibility index (Phi) is 6.66. The summed E-state index contributed by atoms with van der Waals surface area (Å²) in [5, 5.41) is 12.6. The molecule has 2 aromatic carbocycles. The minimum absolute atomic E-state index is 0.0664. The van der Waals surface area contributed by atoms with Crippen LogP contribution in [-0.2, 0) is 11.2 Å². The van der Waals surface area contributed by atoms with Gasteiger partial charge in [0.2, 0.25) is 5.91 Å². The van der Waals surface area contributed by atoms with Gasteiger partial charge in [-0.3, -0.25) is 14.3 Å². The summed E-state index contributed by atoms with van der Waals surface area (Å²) in [7, 11) is 0. The second-order valence-electron chi connectivity index (χ2n) is 7.52. The van der Waals surface area contributed by atoms with Crippen LogP contribution in [0.4, 0.5) is 5.69 Å². The first kappa shape index (κ1) is 21.8. The Balaban J connectivity index is 1.61. The molecule has 1 amide bonds. The Hall–Kier alpha value is -3.45. The summed E-state index contributed by atoms with van der Waals surface area (Å²) >= 11 is 1.37. The summed E-state index contributed by atoms with van der Waals surface area (Å²) in [6.07, 6.45) is 4.33. The fourth-order valence-corrected chi connectivity index (χ4v) is 4.31. The predicted molar refractivity (Wildman–Crippen MR) is 129 cm³/mol. The van der Waals surface area contributed by atoms with Crippen molar-refractivity contribution in [2.24, 2.45) is 0 Å². The van der Waals surface area contributed by atoms with Crippen LogP contribution < -0.4 is 5.32 Å². The third kappa shape index (κ3) is 4.73. The number of amides is 1. The fourth-order valence-electron chi connectivity index (χ4n) is 3.56. The lowest BCUT2D eigenvalue weighted by atomic mass is 10.1. The molecule has 0 aliphatic carbocycles. The molecule has 0 aliphatic rings. The van der Waals surface area contributed by atoms with E-state index >= 15 is 0 Å². The highest BCUT2D eigenvalue weighted by Crippen LogP contribution is 2.28. The van der Waals surface area contributed by atoms with Crippen molar-refractivity contribution in [3.05, 3.63) is 83.7 Å². The largest absolute Gasteiger partial charge is 0.325 e. The topological polar surface area (TPSA) is 72.7 Å². The number of aryl methyl sites for hydroxylation is 3. The Morgan fingerprint density at radius 3 is 2.56 bits per heavy atom. The number of carbonyl (C=O) groups is 1. The monoisotopic (exact) mass is 443 g/mol. The van der Waals surface area contributed by atoms with Gasteiger partial charge in [0.05, 0.1) is 5.75 Å². The van der Waals surface area contributed by atoms with E-state index in [1.54, 1.807) is 12.4 Å². The molecule has 162 valence electrons. The van der Waals surface area contributed by atoms with Crippen molar-refractivity contribution in [1.82, 2.24) is 19.7 Å². The molecule has 4 rings (SSSR count). The number of aromatic nitrogens is 4. The Labute approximate surface area is 192 Å². The van der Waals surface area contributed by atoms with E-state index in [4.69, 9.17) is 0 Å². The first-order valence-electron chi connectivity index (χ1n) is 10.5. The van der Waals surface area contributed by atoms with Gasteiger partial charge in [0.25, 0.3) is 0 Å². The lowest BCUT2D eigenvalue weighted by Crippen LogP contribution is -2.16. The van der Waals surface area contributed by atoms with Gasteiger partial charge in [-0.05, 0) is 61.2 Å². The number of para-hydroxylation sites is 1. The second-order valence-corrected chi connectivity index (χ2v) is 8.46. The number of hydrogen-bond acceptors (Lipinski definition) is 5. The fraction of sp³-hybridized carbons (Fsp3) is 0.200. The van der Waals surface area contributed by atoms with E-state index in [0.717, 1.165) is 40.0 Å². The predicted octanol–water partition coefficient (Wildman–Crippen LogP) is 5.24. The van der Waals surface area contributed by atoms with Crippen molar-refractivity contribution < 1.29 is 4.79 Å². The van der Waals surface area contributed by atoms with Gasteiger partial charge in [0.15, 0.2) is 11.0 Å². The van der Waals surface area contributed by atoms with E-state index in [9.17, 15) is 4.79 Å². The van der Waals surface area contributed by atoms with E-state index in [0.29, 0.717) is 11.0 Å². The van der Waals surface area contributed by atoms with E-state index in [1.165, 1.54) is 11.8 Å². The SMILES string of the molecule is CCc1cccc(C)c1NC(=O)CSc1nnc(-c2ccncc2)n1-c1cccc(C)c1. The molecule has 7 heteroatoms. The second kappa shape index (κ2) is 9.78. The molecule has 0 fully saturated rings. The highest BCUT2D eigenvalue weighted by atomic mass is 32.2. The maximum Gasteiger partial charge on any atom is 0.234 e. The number of benzene rings is 2. The molecular weight excluding hydrogens is 418 g/mol. The smallest absolute Gasteiger partial charge is 0.234 e. The summed E-state index contributed by atoms with van der Waals surface area (Å²) < 4.78 is 1.99. The molecule has 0 saturated carbocycles. The zero-order valence-corrected chi connectivity index (χ0v) is 19.2. The van der Waals surface area contributed by atoms with Crippen molar-refractivity contribution in [3.8, 4) is 17.1 Å². The maximum absolute atomic E-state index is 12.8. The molecule has 2 heterocycles. The average Bonchev–Trinajstić information content (AvgIpc) is 3.23. The number of anilines is 1. The van der Waals surface area contributed by atoms with Gasteiger partial charge in [-0.1, -0.05) is 49.0 Å². The highest BCUT2D eigenvalue weighted by molar-refractivity contribution is 7.99. The Morgan fingerprint density at radius 1 is 1.03 bits per heavy atom. The van der Waals surface area contributed by atoms with Crippen LogP contribution in [0.15, 0.2) is 72.1 Å². The number of thioether (sulfide) groups is 1. The van der Waals surface area contributed by atoms with Gasteiger partial charge in [-0.25, -0.2) is 0 Å². The lowest BCUT2D eigenvalue weighted by molar-refractivity contribution is -0.113. The number of pyridine rings is 1. The standard InChI is InChI=1S/C25H25N5OS/c1-4-19-9-6-8-18(3)23(19)27-22(31)16-32-25-29-28-24(20-11-13-26-14-12-20)30(25)21-10-5-7-17(2)15-21/h5-15H,4,16H2,1-3H3,(H,27,31). The number of rotatable bonds is 7. The number of nitrogens with one attached hydrogen (secondary N) is 1. The van der Waals surface area contributed by atoms with E-state index in [1.807, 2.05) is 66.9 Å². The Morgan fingerprint density at radius 2 is 1.81 bits per heavy atom. The normalized spacial score (nSPS) is 10.8. The number of carbonyl (C=O) groups excluding carboxylic acids is 1. The summed E-state index contributed by atoms with van der Waals surface area (Å²) in [5.41, 5.74) is 6.10. The number of nitrogens with zero attached hydrogens (tertiary/aromatic N) is 4. The molecule has 6 nitrogen and oxygen atoms in total. The minimum Gasteiger partial charge on any atom is -0.325 e. The zero-order chi connectivity index (χ0) is 22.5. The van der Waals surface area contributed by atoms with Gasteiger partial charge >= 0.3 is 0 Å². The van der Waals surface area contributed by atoms with E-state index < -0.39 is 0 Å². The summed E-state index contributed by atoms with van der Waals surface area (Å²) in [6, 6.07) is 18.0. The average molecular weight is 444 g/mol. The third-order valence-corrected chi connectivity index (χ3v) is 6.10. The summed E-state index contributed by atoms with van der Waals surface area (Å²) in [6.45, 7) is 6.15. The van der Waals surface area contributed by atoms with Crippen LogP contribution >= 0.6 is 11.8 Å². The van der Waals surface area contributed by atoms with E-state index in [2.05, 4.69) is 33.5 Å². The van der Waals surface area contributed by atoms with Crippen molar-refractivity contribution in [3.63, 3.8) is 0 Å². The van der Waals surface area contributed by atoms with Crippen LogP contribution in [0.25, 0.3) is 17.1 Å². The molecule has 2 aromatic heterocycles. The first-order chi connectivity index (χ1) is 15.6. The van der Waals surface area contributed by atoms with Crippen molar-refractivity contribution in [2.75, 3.05) is 11.1 Å². The molecule has 32 heavy (non-hydrogen) atoms. The third-order valence-electron chi connectivity index (χ3n) is 5.17. The highest BCUT2D eigenvalue weighted by Gasteiger charge is 2.18. The van der Waals surface area contributed by atoms with Crippen LogP contribution in [0.5, 0.6) is 0 Å².